The third-order valence-corrected chi connectivity index (χ3v) is 3.47. The van der Waals surface area contributed by atoms with E-state index in [1.165, 1.54) is 17.7 Å². The summed E-state index contributed by atoms with van der Waals surface area (Å²) >= 11 is 1.87. The zero-order valence-electron chi connectivity index (χ0n) is 10.3. The number of hydrogen-bond acceptors (Lipinski definition) is 2. The van der Waals surface area contributed by atoms with Gasteiger partial charge in [-0.3, -0.25) is 0 Å². The molecule has 0 radical (unpaired) electrons. The van der Waals surface area contributed by atoms with E-state index >= 15 is 0 Å². The van der Waals surface area contributed by atoms with Gasteiger partial charge in [0.05, 0.1) is 0 Å². The van der Waals surface area contributed by atoms with Crippen LogP contribution in [0.25, 0.3) is 0 Å². The van der Waals surface area contributed by atoms with Gasteiger partial charge < -0.3 is 5.32 Å². The van der Waals surface area contributed by atoms with Gasteiger partial charge in [-0.25, -0.2) is 0 Å². The van der Waals surface area contributed by atoms with Gasteiger partial charge in [0.25, 0.3) is 0 Å². The largest absolute Gasteiger partial charge is 0.312 e. The minimum Gasteiger partial charge on any atom is -0.312 e. The molecule has 0 amide bonds. The van der Waals surface area contributed by atoms with Crippen molar-refractivity contribution < 1.29 is 0 Å². The molecule has 1 unspecified atom stereocenters. The number of nitrogens with one attached hydrogen (secondary N) is 1. The summed E-state index contributed by atoms with van der Waals surface area (Å²) in [6.07, 6.45) is 2.47. The van der Waals surface area contributed by atoms with E-state index in [0.717, 1.165) is 12.5 Å². The Labute approximate surface area is 97.9 Å². The monoisotopic (exact) mass is 225 g/mol. The fourth-order valence-electron chi connectivity index (χ4n) is 1.52. The fraction of sp³-hybridized carbons (Fsp3) is 0.692. The molecule has 0 aliphatic rings. The molecule has 2 heteroatoms. The lowest BCUT2D eigenvalue weighted by Gasteiger charge is -2.24. The maximum atomic E-state index is 3.59. The highest BCUT2D eigenvalue weighted by molar-refractivity contribution is 7.09. The van der Waals surface area contributed by atoms with Crippen molar-refractivity contribution in [2.24, 2.45) is 5.92 Å². The quantitative estimate of drug-likeness (QED) is 0.805. The van der Waals surface area contributed by atoms with Gasteiger partial charge in [0.1, 0.15) is 0 Å². The SMILES string of the molecule is CCC(CNC(C)(C)C)Cc1cccs1. The molecule has 0 saturated heterocycles. The molecule has 0 spiro atoms. The maximum absolute atomic E-state index is 3.59. The maximum Gasteiger partial charge on any atom is 0.00966 e. The summed E-state index contributed by atoms with van der Waals surface area (Å²) < 4.78 is 0. The van der Waals surface area contributed by atoms with Crippen LogP contribution in [-0.2, 0) is 6.42 Å². The summed E-state index contributed by atoms with van der Waals surface area (Å²) in [4.78, 5) is 1.51. The summed E-state index contributed by atoms with van der Waals surface area (Å²) in [6.45, 7) is 10.1. The van der Waals surface area contributed by atoms with Gasteiger partial charge in [-0.1, -0.05) is 19.4 Å². The van der Waals surface area contributed by atoms with Gasteiger partial charge in [-0.05, 0) is 51.1 Å². The first-order valence-corrected chi connectivity index (χ1v) is 6.66. The van der Waals surface area contributed by atoms with Gasteiger partial charge in [-0.2, -0.15) is 0 Å². The molecule has 1 atom stereocenters. The Kier molecular flexibility index (Phi) is 4.81. The average Bonchev–Trinajstić information content (AvgIpc) is 2.63. The molecule has 1 aromatic rings. The zero-order chi connectivity index (χ0) is 11.3. The van der Waals surface area contributed by atoms with Crippen LogP contribution in [0.1, 0.15) is 39.0 Å². The van der Waals surface area contributed by atoms with E-state index < -0.39 is 0 Å². The molecule has 1 rings (SSSR count). The molecular formula is C13H23NS. The second kappa shape index (κ2) is 5.66. The highest BCUT2D eigenvalue weighted by atomic mass is 32.1. The van der Waals surface area contributed by atoms with Crippen LogP contribution in [0.3, 0.4) is 0 Å². The first-order valence-electron chi connectivity index (χ1n) is 5.78. The molecule has 15 heavy (non-hydrogen) atoms. The summed E-state index contributed by atoms with van der Waals surface area (Å²) in [6, 6.07) is 4.38. The van der Waals surface area contributed by atoms with Crippen LogP contribution in [0.4, 0.5) is 0 Å². The van der Waals surface area contributed by atoms with Crippen LogP contribution in [0, 0.1) is 5.92 Å². The predicted octanol–water partition coefficient (Wildman–Crippen LogP) is 3.70. The van der Waals surface area contributed by atoms with Crippen molar-refractivity contribution in [2.45, 2.75) is 46.1 Å². The van der Waals surface area contributed by atoms with Crippen molar-refractivity contribution in [3.05, 3.63) is 22.4 Å². The van der Waals surface area contributed by atoms with Crippen molar-refractivity contribution in [3.63, 3.8) is 0 Å². The Balaban J connectivity index is 2.36. The third kappa shape index (κ3) is 5.33. The van der Waals surface area contributed by atoms with Crippen LogP contribution < -0.4 is 5.32 Å². The Bertz CT molecular complexity index is 259. The summed E-state index contributed by atoms with van der Waals surface area (Å²) in [5.74, 6) is 0.767. The van der Waals surface area contributed by atoms with Crippen LogP contribution in [0.15, 0.2) is 17.5 Å². The normalized spacial score (nSPS) is 14.1. The van der Waals surface area contributed by atoms with Crippen LogP contribution >= 0.6 is 11.3 Å². The van der Waals surface area contributed by atoms with E-state index in [9.17, 15) is 0 Å². The first kappa shape index (κ1) is 12.7. The average molecular weight is 225 g/mol. The van der Waals surface area contributed by atoms with Gasteiger partial charge in [-0.15, -0.1) is 11.3 Å². The molecule has 0 saturated carbocycles. The molecule has 0 bridgehead atoms. The molecule has 0 aliphatic carbocycles. The molecule has 1 N–H and O–H groups in total. The van der Waals surface area contributed by atoms with E-state index in [-0.39, 0.29) is 5.54 Å². The van der Waals surface area contributed by atoms with Crippen molar-refractivity contribution >= 4 is 11.3 Å². The molecule has 0 aromatic carbocycles. The van der Waals surface area contributed by atoms with E-state index in [2.05, 4.69) is 50.5 Å². The van der Waals surface area contributed by atoms with Crippen LogP contribution in [0.5, 0.6) is 0 Å². The molecule has 0 fully saturated rings. The van der Waals surface area contributed by atoms with E-state index in [1.807, 2.05) is 11.3 Å². The minimum atomic E-state index is 0.239. The van der Waals surface area contributed by atoms with Crippen molar-refractivity contribution in [1.29, 1.82) is 0 Å². The summed E-state index contributed by atoms with van der Waals surface area (Å²) in [5.41, 5.74) is 0.239. The third-order valence-electron chi connectivity index (χ3n) is 2.57. The number of hydrogen-bond donors (Lipinski definition) is 1. The standard InChI is InChI=1S/C13H23NS/c1-5-11(10-14-13(2,3)4)9-12-7-6-8-15-12/h6-8,11,14H,5,9-10H2,1-4H3. The summed E-state index contributed by atoms with van der Waals surface area (Å²) in [7, 11) is 0. The van der Waals surface area contributed by atoms with Gasteiger partial charge in [0, 0.05) is 10.4 Å². The lowest BCUT2D eigenvalue weighted by Crippen LogP contribution is -2.39. The predicted molar refractivity (Wildman–Crippen MR) is 69.6 cm³/mol. The smallest absolute Gasteiger partial charge is 0.00966 e. The van der Waals surface area contributed by atoms with E-state index in [0.29, 0.717) is 0 Å². The zero-order valence-corrected chi connectivity index (χ0v) is 11.2. The number of thiophene rings is 1. The van der Waals surface area contributed by atoms with Gasteiger partial charge in [0.2, 0.25) is 0 Å². The molecule has 1 nitrogen and oxygen atoms in total. The summed E-state index contributed by atoms with van der Waals surface area (Å²) in [5, 5.41) is 5.76. The van der Waals surface area contributed by atoms with Gasteiger partial charge in [0.15, 0.2) is 0 Å². The second-order valence-electron chi connectivity index (χ2n) is 5.19. The lowest BCUT2D eigenvalue weighted by atomic mass is 9.99. The highest BCUT2D eigenvalue weighted by Gasteiger charge is 2.13. The Morgan fingerprint density at radius 3 is 2.60 bits per heavy atom. The molecule has 86 valence electrons. The van der Waals surface area contributed by atoms with E-state index in [1.54, 1.807) is 0 Å². The Morgan fingerprint density at radius 1 is 1.40 bits per heavy atom. The van der Waals surface area contributed by atoms with Crippen LogP contribution in [-0.4, -0.2) is 12.1 Å². The number of rotatable bonds is 5. The topological polar surface area (TPSA) is 12.0 Å². The van der Waals surface area contributed by atoms with Crippen molar-refractivity contribution in [3.8, 4) is 0 Å². The highest BCUT2D eigenvalue weighted by Crippen LogP contribution is 2.17. The molecule has 1 aromatic heterocycles. The Morgan fingerprint density at radius 2 is 2.13 bits per heavy atom. The fourth-order valence-corrected chi connectivity index (χ4v) is 2.35. The lowest BCUT2D eigenvalue weighted by molar-refractivity contribution is 0.364. The molecule has 1 heterocycles. The van der Waals surface area contributed by atoms with E-state index in [4.69, 9.17) is 0 Å². The van der Waals surface area contributed by atoms with Gasteiger partial charge >= 0.3 is 0 Å². The molecule has 0 aliphatic heterocycles. The second-order valence-corrected chi connectivity index (χ2v) is 6.22. The van der Waals surface area contributed by atoms with Crippen LogP contribution in [0.2, 0.25) is 0 Å². The van der Waals surface area contributed by atoms with Crippen molar-refractivity contribution in [2.75, 3.05) is 6.54 Å². The Hall–Kier alpha value is -0.340. The minimum absolute atomic E-state index is 0.239. The first-order chi connectivity index (χ1) is 7.01. The van der Waals surface area contributed by atoms with Crippen molar-refractivity contribution in [1.82, 2.24) is 5.32 Å². The molecular weight excluding hydrogens is 202 g/mol.